The second kappa shape index (κ2) is 8.83. The Morgan fingerprint density at radius 3 is 1.50 bits per heavy atom. The molecule has 0 fully saturated rings. The molecule has 2 heterocycles. The second-order valence-electron chi connectivity index (χ2n) is 6.85. The Hall–Kier alpha value is -2.94. The molecule has 2 aromatic carbocycles. The van der Waals surface area contributed by atoms with Gasteiger partial charge < -0.3 is 10.6 Å². The lowest BCUT2D eigenvalue weighted by Crippen LogP contribution is -2.15. The summed E-state index contributed by atoms with van der Waals surface area (Å²) >= 11 is 0. The second-order valence-corrected chi connectivity index (χ2v) is 9.00. The van der Waals surface area contributed by atoms with Gasteiger partial charge in [0, 0.05) is 24.0 Å². The molecule has 2 unspecified atom stereocenters. The van der Waals surface area contributed by atoms with Crippen LogP contribution < -0.4 is 10.6 Å². The van der Waals surface area contributed by atoms with E-state index in [0.29, 0.717) is 45.2 Å². The van der Waals surface area contributed by atoms with Gasteiger partial charge in [-0.15, -0.1) is 0 Å². The van der Waals surface area contributed by atoms with E-state index in [0.717, 1.165) is 0 Å². The van der Waals surface area contributed by atoms with Crippen molar-refractivity contribution in [2.45, 2.75) is 24.9 Å². The third-order valence-electron chi connectivity index (χ3n) is 5.01. The van der Waals surface area contributed by atoms with Crippen LogP contribution in [-0.2, 0) is 0 Å². The van der Waals surface area contributed by atoms with Crippen molar-refractivity contribution in [2.75, 3.05) is 0 Å². The minimum Gasteiger partial charge on any atom is -0.371 e. The molecule has 0 amide bonds. The fraction of sp³-hybridized carbons (Fsp3) is 0.182. The van der Waals surface area contributed by atoms with Crippen molar-refractivity contribution in [2.24, 2.45) is 0 Å². The van der Waals surface area contributed by atoms with E-state index in [9.17, 15) is 19.3 Å². The van der Waals surface area contributed by atoms with Crippen molar-refractivity contribution in [1.82, 2.24) is 10.6 Å². The molecule has 2 aromatic rings. The lowest BCUT2D eigenvalue weighted by atomic mass is 10.0. The molecule has 0 radical (unpaired) electrons. The summed E-state index contributed by atoms with van der Waals surface area (Å²) < 4.78 is 28.3. The Labute approximate surface area is 181 Å². The van der Waals surface area contributed by atoms with Gasteiger partial charge in [0.25, 0.3) is 0 Å². The minimum atomic E-state index is -0.314. The van der Waals surface area contributed by atoms with E-state index >= 15 is 0 Å². The maximum absolute atomic E-state index is 14.1. The van der Waals surface area contributed by atoms with Crippen LogP contribution >= 0.6 is 21.6 Å². The first-order valence-electron chi connectivity index (χ1n) is 9.23. The van der Waals surface area contributed by atoms with Crippen LogP contribution in [0.5, 0.6) is 0 Å². The summed E-state index contributed by atoms with van der Waals surface area (Å²) in [5.74, 6) is -0.628. The Bertz CT molecular complexity index is 1040. The number of hydrogen-bond acceptors (Lipinski definition) is 6. The molecule has 150 valence electrons. The van der Waals surface area contributed by atoms with Gasteiger partial charge in [0.2, 0.25) is 0 Å². The fourth-order valence-corrected chi connectivity index (χ4v) is 5.90. The number of hydrogen-bond donors (Lipinski definition) is 2. The molecule has 4 nitrogen and oxygen atoms in total. The number of benzene rings is 2. The van der Waals surface area contributed by atoms with Crippen LogP contribution in [0.15, 0.2) is 69.7 Å². The van der Waals surface area contributed by atoms with Crippen LogP contribution in [0.2, 0.25) is 0 Å². The maximum Gasteiger partial charge on any atom is 0.128 e. The highest BCUT2D eigenvalue weighted by molar-refractivity contribution is 8.79. The third-order valence-corrected chi connectivity index (χ3v) is 7.41. The van der Waals surface area contributed by atoms with E-state index in [1.165, 1.54) is 33.7 Å². The van der Waals surface area contributed by atoms with Crippen LogP contribution in [0.1, 0.15) is 36.1 Å². The molecule has 0 aliphatic carbocycles. The van der Waals surface area contributed by atoms with Crippen LogP contribution in [0, 0.1) is 34.3 Å². The van der Waals surface area contributed by atoms with E-state index < -0.39 is 0 Å². The normalized spacial score (nSPS) is 20.5. The summed E-state index contributed by atoms with van der Waals surface area (Å²) in [5.41, 5.74) is 2.12. The molecule has 2 aliphatic rings. The van der Waals surface area contributed by atoms with Crippen molar-refractivity contribution < 1.29 is 8.78 Å². The first-order chi connectivity index (χ1) is 14.6. The molecule has 30 heavy (non-hydrogen) atoms. The zero-order valence-corrected chi connectivity index (χ0v) is 17.3. The molecule has 0 saturated carbocycles. The molecular formula is C22H16F2N4S2. The van der Waals surface area contributed by atoms with Gasteiger partial charge in [0.05, 0.1) is 45.4 Å². The topological polar surface area (TPSA) is 71.6 Å². The standard InChI is InChI=1S/C22H16F2N4S2/c23-17-7-3-1-5-15(17)19-9-13(11-25)21(27-19)29-30-22-14(12-26)10-20(28-22)16-6-2-4-8-18(16)24/h1-8,19-20,27-28H,9-10H2. The van der Waals surface area contributed by atoms with Gasteiger partial charge in [0.15, 0.2) is 0 Å². The largest absolute Gasteiger partial charge is 0.371 e. The smallest absolute Gasteiger partial charge is 0.128 e. The van der Waals surface area contributed by atoms with Crippen molar-refractivity contribution in [3.05, 3.63) is 92.5 Å². The van der Waals surface area contributed by atoms with E-state index in [1.54, 1.807) is 36.4 Å². The van der Waals surface area contributed by atoms with E-state index in [4.69, 9.17) is 0 Å². The summed E-state index contributed by atoms with van der Waals surface area (Å²) in [6, 6.07) is 16.8. The first-order valence-corrected chi connectivity index (χ1v) is 11.4. The number of rotatable bonds is 5. The summed E-state index contributed by atoms with van der Waals surface area (Å²) in [6.45, 7) is 0. The molecule has 2 atom stereocenters. The molecule has 2 N–H and O–H groups in total. The zero-order chi connectivity index (χ0) is 21.1. The Morgan fingerprint density at radius 1 is 0.733 bits per heavy atom. The van der Waals surface area contributed by atoms with Gasteiger partial charge in [-0.1, -0.05) is 36.4 Å². The first kappa shape index (κ1) is 20.3. The van der Waals surface area contributed by atoms with Crippen LogP contribution in [0.4, 0.5) is 8.78 Å². The number of nitrogens with zero attached hydrogens (tertiary/aromatic N) is 2. The SMILES string of the molecule is N#CC1=C(SSC2=C(C#N)CC(c3ccccc3F)N2)NC(c2ccccc2F)C1. The molecule has 4 rings (SSSR count). The van der Waals surface area contributed by atoms with Crippen molar-refractivity contribution in [3.8, 4) is 12.1 Å². The van der Waals surface area contributed by atoms with Crippen LogP contribution in [-0.4, -0.2) is 0 Å². The lowest BCUT2D eigenvalue weighted by molar-refractivity contribution is 0.564. The van der Waals surface area contributed by atoms with Crippen LogP contribution in [0.3, 0.4) is 0 Å². The molecule has 0 bridgehead atoms. The fourth-order valence-electron chi connectivity index (χ4n) is 3.50. The predicted octanol–water partition coefficient (Wildman–Crippen LogP) is 5.59. The summed E-state index contributed by atoms with van der Waals surface area (Å²) in [5, 5.41) is 26.7. The number of nitrogens with one attached hydrogen (secondary N) is 2. The van der Waals surface area contributed by atoms with Gasteiger partial charge >= 0.3 is 0 Å². The van der Waals surface area contributed by atoms with Gasteiger partial charge in [-0.3, -0.25) is 0 Å². The summed E-state index contributed by atoms with van der Waals surface area (Å²) in [4.78, 5) is 0. The van der Waals surface area contributed by atoms with E-state index in [-0.39, 0.29) is 23.7 Å². The quantitative estimate of drug-likeness (QED) is 0.594. The highest BCUT2D eigenvalue weighted by Crippen LogP contribution is 2.46. The van der Waals surface area contributed by atoms with Gasteiger partial charge in [0.1, 0.15) is 11.6 Å². The summed E-state index contributed by atoms with van der Waals surface area (Å²) in [7, 11) is 2.63. The minimum absolute atomic E-state index is 0.309. The van der Waals surface area contributed by atoms with Gasteiger partial charge in [-0.05, 0) is 33.7 Å². The monoisotopic (exact) mass is 438 g/mol. The molecule has 0 aromatic heterocycles. The zero-order valence-electron chi connectivity index (χ0n) is 15.7. The van der Waals surface area contributed by atoms with Gasteiger partial charge in [-0.2, -0.15) is 10.5 Å². The molecule has 0 saturated heterocycles. The number of nitriles is 2. The van der Waals surface area contributed by atoms with Crippen molar-refractivity contribution in [3.63, 3.8) is 0 Å². The summed E-state index contributed by atoms with van der Waals surface area (Å²) in [6.07, 6.45) is 0.797. The highest BCUT2D eigenvalue weighted by Gasteiger charge is 2.30. The third kappa shape index (κ3) is 4.02. The van der Waals surface area contributed by atoms with Gasteiger partial charge in [-0.25, -0.2) is 8.78 Å². The van der Waals surface area contributed by atoms with E-state index in [1.807, 2.05) is 0 Å². The molecule has 8 heteroatoms. The van der Waals surface area contributed by atoms with Crippen molar-refractivity contribution >= 4 is 21.6 Å². The number of halogens is 2. The Balaban J connectivity index is 1.46. The highest BCUT2D eigenvalue weighted by atomic mass is 33.1. The van der Waals surface area contributed by atoms with Crippen LogP contribution in [0.25, 0.3) is 0 Å². The maximum atomic E-state index is 14.1. The molecule has 0 spiro atoms. The average Bonchev–Trinajstić information content (AvgIpc) is 3.36. The Morgan fingerprint density at radius 2 is 1.13 bits per heavy atom. The average molecular weight is 439 g/mol. The van der Waals surface area contributed by atoms with E-state index in [2.05, 4.69) is 22.8 Å². The molecule has 2 aliphatic heterocycles. The lowest BCUT2D eigenvalue weighted by Gasteiger charge is -2.15. The Kier molecular flexibility index (Phi) is 5.98. The molecular weight excluding hydrogens is 422 g/mol. The predicted molar refractivity (Wildman–Crippen MR) is 114 cm³/mol. The van der Waals surface area contributed by atoms with Crippen molar-refractivity contribution in [1.29, 1.82) is 10.5 Å².